The van der Waals surface area contributed by atoms with Gasteiger partial charge < -0.3 is 10.4 Å². The monoisotopic (exact) mass is 329 g/mol. The van der Waals surface area contributed by atoms with E-state index in [1.54, 1.807) is 0 Å². The lowest BCUT2D eigenvalue weighted by atomic mass is 9.97. The maximum Gasteiger partial charge on any atom is 0.134 e. The molecular formula is C14H24BrN3O. The largest absolute Gasteiger partial charge is 0.391 e. The Hall–Kier alpha value is -0.680. The van der Waals surface area contributed by atoms with E-state index in [-0.39, 0.29) is 12.0 Å². The summed E-state index contributed by atoms with van der Waals surface area (Å²) in [5.74, 6) is 2.17. The van der Waals surface area contributed by atoms with Crippen LogP contribution in [0.5, 0.6) is 0 Å². The molecule has 0 spiro atoms. The lowest BCUT2D eigenvalue weighted by molar-refractivity contribution is 0.114. The molecule has 1 unspecified atom stereocenters. The molecule has 0 bridgehead atoms. The van der Waals surface area contributed by atoms with Crippen molar-refractivity contribution >= 4 is 21.7 Å². The molecule has 108 valence electrons. The highest BCUT2D eigenvalue weighted by Crippen LogP contribution is 2.18. The fourth-order valence-corrected chi connectivity index (χ4v) is 2.39. The zero-order valence-corrected chi connectivity index (χ0v) is 13.7. The highest BCUT2D eigenvalue weighted by Gasteiger charge is 2.15. The van der Waals surface area contributed by atoms with Crippen molar-refractivity contribution in [3.63, 3.8) is 0 Å². The Bertz CT molecular complexity index is 394. The van der Waals surface area contributed by atoms with E-state index in [0.29, 0.717) is 12.5 Å². The fraction of sp³-hybridized carbons (Fsp3) is 0.714. The van der Waals surface area contributed by atoms with E-state index in [4.69, 9.17) is 0 Å². The van der Waals surface area contributed by atoms with Gasteiger partial charge in [-0.15, -0.1) is 0 Å². The van der Waals surface area contributed by atoms with Crippen LogP contribution in [0, 0.1) is 5.92 Å². The van der Waals surface area contributed by atoms with Crippen LogP contribution in [0.2, 0.25) is 0 Å². The summed E-state index contributed by atoms with van der Waals surface area (Å²) in [5.41, 5.74) is 0. The second-order valence-electron chi connectivity index (χ2n) is 5.11. The number of aliphatic hydroxyl groups is 1. The third kappa shape index (κ3) is 5.07. The van der Waals surface area contributed by atoms with Gasteiger partial charge in [0.2, 0.25) is 0 Å². The van der Waals surface area contributed by atoms with E-state index >= 15 is 0 Å². The molecule has 0 fully saturated rings. The number of aliphatic hydroxyl groups excluding tert-OH is 1. The van der Waals surface area contributed by atoms with Crippen LogP contribution in [-0.2, 0) is 0 Å². The van der Waals surface area contributed by atoms with Crippen LogP contribution in [0.4, 0.5) is 5.82 Å². The number of hydrogen-bond acceptors (Lipinski definition) is 4. The van der Waals surface area contributed by atoms with Crippen molar-refractivity contribution in [1.29, 1.82) is 0 Å². The highest BCUT2D eigenvalue weighted by atomic mass is 79.9. The third-order valence-electron chi connectivity index (χ3n) is 3.31. The minimum Gasteiger partial charge on any atom is -0.391 e. The summed E-state index contributed by atoms with van der Waals surface area (Å²) in [7, 11) is 0. The predicted molar refractivity (Wildman–Crippen MR) is 82.4 cm³/mol. The van der Waals surface area contributed by atoms with Crippen molar-refractivity contribution < 1.29 is 5.11 Å². The van der Waals surface area contributed by atoms with Crippen LogP contribution in [0.1, 0.15) is 52.3 Å². The van der Waals surface area contributed by atoms with E-state index in [2.05, 4.69) is 58.9 Å². The normalized spacial score (nSPS) is 13.1. The summed E-state index contributed by atoms with van der Waals surface area (Å²) < 4.78 is 0.769. The maximum atomic E-state index is 10.1. The summed E-state index contributed by atoms with van der Waals surface area (Å²) in [6.07, 6.45) is 1.64. The Kier molecular flexibility index (Phi) is 6.72. The van der Waals surface area contributed by atoms with E-state index in [9.17, 15) is 5.11 Å². The molecule has 1 heterocycles. The zero-order valence-electron chi connectivity index (χ0n) is 12.2. The van der Waals surface area contributed by atoms with Crippen LogP contribution in [0.15, 0.2) is 10.7 Å². The minimum atomic E-state index is -0.341. The number of nitrogens with one attached hydrogen (secondary N) is 1. The Morgan fingerprint density at radius 1 is 1.26 bits per heavy atom. The molecule has 0 saturated carbocycles. The van der Waals surface area contributed by atoms with Gasteiger partial charge in [0.25, 0.3) is 0 Å². The summed E-state index contributed by atoms with van der Waals surface area (Å²) in [5, 5.41) is 13.3. The van der Waals surface area contributed by atoms with Gasteiger partial charge in [-0.3, -0.25) is 0 Å². The van der Waals surface area contributed by atoms with Gasteiger partial charge in [0.05, 0.1) is 6.10 Å². The second-order valence-corrected chi connectivity index (χ2v) is 5.93. The number of anilines is 1. The third-order valence-corrected chi connectivity index (χ3v) is 3.72. The summed E-state index contributed by atoms with van der Waals surface area (Å²) >= 11 is 3.39. The van der Waals surface area contributed by atoms with Gasteiger partial charge in [-0.05, 0) is 21.8 Å². The highest BCUT2D eigenvalue weighted by molar-refractivity contribution is 9.10. The molecular weight excluding hydrogens is 306 g/mol. The van der Waals surface area contributed by atoms with Gasteiger partial charge in [-0.25, -0.2) is 9.97 Å². The van der Waals surface area contributed by atoms with E-state index in [1.165, 1.54) is 0 Å². The van der Waals surface area contributed by atoms with Crippen molar-refractivity contribution in [3.8, 4) is 0 Å². The smallest absolute Gasteiger partial charge is 0.134 e. The zero-order chi connectivity index (χ0) is 14.4. The SMILES string of the molecule is CCC(CC)C(O)CNc1cc(Br)nc(C(C)C)n1. The number of rotatable bonds is 7. The summed E-state index contributed by atoms with van der Waals surface area (Å²) in [6, 6.07) is 1.84. The quantitative estimate of drug-likeness (QED) is 0.751. The first-order valence-electron chi connectivity index (χ1n) is 6.94. The number of aromatic nitrogens is 2. The van der Waals surface area contributed by atoms with Crippen LogP contribution in [0.3, 0.4) is 0 Å². The van der Waals surface area contributed by atoms with E-state index < -0.39 is 0 Å². The standard InChI is InChI=1S/C14H24BrN3O/c1-5-10(6-2)11(19)8-16-13-7-12(15)17-14(18-13)9(3)4/h7,9-11,19H,5-6,8H2,1-4H3,(H,16,17,18). The molecule has 0 saturated heterocycles. The van der Waals surface area contributed by atoms with Gasteiger partial charge in [0, 0.05) is 18.5 Å². The first-order chi connectivity index (χ1) is 8.97. The van der Waals surface area contributed by atoms with Crippen molar-refractivity contribution in [2.24, 2.45) is 5.92 Å². The lowest BCUT2D eigenvalue weighted by Crippen LogP contribution is -2.28. The Morgan fingerprint density at radius 2 is 1.89 bits per heavy atom. The molecule has 4 nitrogen and oxygen atoms in total. The molecule has 1 aromatic rings. The Morgan fingerprint density at radius 3 is 2.42 bits per heavy atom. The molecule has 1 rings (SSSR count). The molecule has 0 aliphatic heterocycles. The van der Waals surface area contributed by atoms with E-state index in [1.807, 2.05) is 6.07 Å². The van der Waals surface area contributed by atoms with Crippen LogP contribution in [0.25, 0.3) is 0 Å². The van der Waals surface area contributed by atoms with Crippen LogP contribution in [-0.4, -0.2) is 27.7 Å². The predicted octanol–water partition coefficient (Wildman–Crippen LogP) is 3.57. The number of nitrogens with zero attached hydrogens (tertiary/aromatic N) is 2. The van der Waals surface area contributed by atoms with Gasteiger partial charge >= 0.3 is 0 Å². The van der Waals surface area contributed by atoms with E-state index in [0.717, 1.165) is 29.1 Å². The van der Waals surface area contributed by atoms with Crippen molar-refractivity contribution in [3.05, 3.63) is 16.5 Å². The summed E-state index contributed by atoms with van der Waals surface area (Å²) in [6.45, 7) is 8.85. The first kappa shape index (κ1) is 16.4. The topological polar surface area (TPSA) is 58.0 Å². The molecule has 0 amide bonds. The van der Waals surface area contributed by atoms with Crippen molar-refractivity contribution in [2.45, 2.75) is 52.6 Å². The second kappa shape index (κ2) is 7.80. The molecule has 19 heavy (non-hydrogen) atoms. The molecule has 1 aromatic heterocycles. The number of halogens is 1. The fourth-order valence-electron chi connectivity index (χ4n) is 1.99. The lowest BCUT2D eigenvalue weighted by Gasteiger charge is -2.20. The van der Waals surface area contributed by atoms with Crippen molar-refractivity contribution in [1.82, 2.24) is 9.97 Å². The molecule has 0 aromatic carbocycles. The van der Waals surface area contributed by atoms with Gasteiger partial charge in [0.15, 0.2) is 0 Å². The molecule has 0 aliphatic rings. The minimum absolute atomic E-state index is 0.280. The van der Waals surface area contributed by atoms with Crippen LogP contribution < -0.4 is 5.32 Å². The molecule has 1 atom stereocenters. The summed E-state index contributed by atoms with van der Waals surface area (Å²) in [4.78, 5) is 8.78. The Balaban J connectivity index is 2.67. The van der Waals surface area contributed by atoms with Gasteiger partial charge in [-0.2, -0.15) is 0 Å². The molecule has 0 aliphatic carbocycles. The van der Waals surface area contributed by atoms with Gasteiger partial charge in [0.1, 0.15) is 16.2 Å². The first-order valence-corrected chi connectivity index (χ1v) is 7.73. The average Bonchev–Trinajstić information content (AvgIpc) is 2.37. The van der Waals surface area contributed by atoms with Gasteiger partial charge in [-0.1, -0.05) is 40.5 Å². The Labute approximate surface area is 124 Å². The number of hydrogen-bond donors (Lipinski definition) is 2. The average molecular weight is 330 g/mol. The maximum absolute atomic E-state index is 10.1. The molecule has 0 radical (unpaired) electrons. The van der Waals surface area contributed by atoms with Crippen molar-refractivity contribution in [2.75, 3.05) is 11.9 Å². The van der Waals surface area contributed by atoms with Crippen LogP contribution >= 0.6 is 15.9 Å². The molecule has 2 N–H and O–H groups in total. The molecule has 5 heteroatoms.